The zero-order valence-corrected chi connectivity index (χ0v) is 13.9. The standard InChI is InChI=1S/C17H21F3N2O3/c1-12(10-16(24)25)9-15(23)22-7-5-21(6-8-22)14-4-2-3-13(11-14)17(18,19)20/h2-4,11-12H,5-10H2,1H3,(H,24,25)/t12-/m0/s1. The van der Waals surface area contributed by atoms with Gasteiger partial charge in [0, 0.05) is 44.7 Å². The Morgan fingerprint density at radius 2 is 1.80 bits per heavy atom. The van der Waals surface area contributed by atoms with Crippen LogP contribution in [0.1, 0.15) is 25.3 Å². The van der Waals surface area contributed by atoms with Crippen LogP contribution in [0.5, 0.6) is 0 Å². The lowest BCUT2D eigenvalue weighted by atomic mass is 10.0. The molecule has 25 heavy (non-hydrogen) atoms. The number of nitrogens with zero attached hydrogens (tertiary/aromatic N) is 2. The maximum Gasteiger partial charge on any atom is 0.416 e. The number of carbonyl (C=O) groups excluding carboxylic acids is 1. The SMILES string of the molecule is C[C@H](CC(=O)O)CC(=O)N1CCN(c2cccc(C(F)(F)F)c2)CC1. The average molecular weight is 358 g/mol. The fourth-order valence-electron chi connectivity index (χ4n) is 2.89. The van der Waals surface area contributed by atoms with Crippen LogP contribution in [-0.2, 0) is 15.8 Å². The minimum atomic E-state index is -4.38. The molecule has 138 valence electrons. The minimum absolute atomic E-state index is 0.0596. The Morgan fingerprint density at radius 3 is 2.36 bits per heavy atom. The lowest BCUT2D eigenvalue weighted by Crippen LogP contribution is -2.49. The third kappa shape index (κ3) is 5.37. The number of piperazine rings is 1. The molecule has 1 amide bonds. The quantitative estimate of drug-likeness (QED) is 0.879. The maximum atomic E-state index is 12.8. The summed E-state index contributed by atoms with van der Waals surface area (Å²) < 4.78 is 38.4. The zero-order valence-electron chi connectivity index (χ0n) is 13.9. The normalized spacial score (nSPS) is 16.6. The molecule has 1 saturated heterocycles. The van der Waals surface area contributed by atoms with Gasteiger partial charge in [-0.05, 0) is 24.1 Å². The highest BCUT2D eigenvalue weighted by Gasteiger charge is 2.31. The topological polar surface area (TPSA) is 60.9 Å². The second-order valence-electron chi connectivity index (χ2n) is 6.32. The number of anilines is 1. The van der Waals surface area contributed by atoms with Gasteiger partial charge in [-0.2, -0.15) is 13.2 Å². The summed E-state index contributed by atoms with van der Waals surface area (Å²) in [5.74, 6) is -1.29. The van der Waals surface area contributed by atoms with Crippen molar-refractivity contribution in [3.8, 4) is 0 Å². The Hall–Kier alpha value is -2.25. The summed E-state index contributed by atoms with van der Waals surface area (Å²) >= 11 is 0. The lowest BCUT2D eigenvalue weighted by Gasteiger charge is -2.36. The minimum Gasteiger partial charge on any atom is -0.481 e. The fourth-order valence-corrected chi connectivity index (χ4v) is 2.89. The van der Waals surface area contributed by atoms with Crippen LogP contribution in [0.4, 0.5) is 18.9 Å². The van der Waals surface area contributed by atoms with Crippen LogP contribution in [0.15, 0.2) is 24.3 Å². The molecule has 1 heterocycles. The smallest absolute Gasteiger partial charge is 0.416 e. The fraction of sp³-hybridized carbons (Fsp3) is 0.529. The number of alkyl halides is 3. The van der Waals surface area contributed by atoms with Gasteiger partial charge in [0.15, 0.2) is 0 Å². The van der Waals surface area contributed by atoms with E-state index in [1.54, 1.807) is 17.9 Å². The first kappa shape index (κ1) is 19.1. The largest absolute Gasteiger partial charge is 0.481 e. The zero-order chi connectivity index (χ0) is 18.6. The Kier molecular flexibility index (Phi) is 5.92. The van der Waals surface area contributed by atoms with E-state index in [9.17, 15) is 22.8 Å². The van der Waals surface area contributed by atoms with Gasteiger partial charge in [-0.1, -0.05) is 13.0 Å². The molecule has 0 aromatic heterocycles. The summed E-state index contributed by atoms with van der Waals surface area (Å²) in [6.07, 6.45) is -4.28. The predicted octanol–water partition coefficient (Wildman–Crippen LogP) is 2.85. The molecule has 1 fully saturated rings. The highest BCUT2D eigenvalue weighted by molar-refractivity contribution is 5.77. The summed E-state index contributed by atoms with van der Waals surface area (Å²) in [7, 11) is 0. The number of carboxylic acid groups (broad SMARTS) is 1. The van der Waals surface area contributed by atoms with Gasteiger partial charge >= 0.3 is 12.1 Å². The van der Waals surface area contributed by atoms with Crippen LogP contribution in [0.3, 0.4) is 0 Å². The van der Waals surface area contributed by atoms with Crippen molar-refractivity contribution in [1.82, 2.24) is 4.90 Å². The average Bonchev–Trinajstić information content (AvgIpc) is 2.53. The number of amides is 1. The summed E-state index contributed by atoms with van der Waals surface area (Å²) in [5.41, 5.74) is -0.202. The summed E-state index contributed by atoms with van der Waals surface area (Å²) in [5, 5.41) is 8.74. The van der Waals surface area contributed by atoms with Gasteiger partial charge in [-0.3, -0.25) is 9.59 Å². The molecule has 1 aromatic rings. The van der Waals surface area contributed by atoms with Gasteiger partial charge in [-0.15, -0.1) is 0 Å². The second-order valence-corrected chi connectivity index (χ2v) is 6.32. The van der Waals surface area contributed by atoms with Crippen molar-refractivity contribution in [1.29, 1.82) is 0 Å². The van der Waals surface area contributed by atoms with Gasteiger partial charge in [0.05, 0.1) is 5.56 Å². The van der Waals surface area contributed by atoms with E-state index in [2.05, 4.69) is 0 Å². The number of rotatable bonds is 5. The van der Waals surface area contributed by atoms with E-state index in [-0.39, 0.29) is 24.7 Å². The van der Waals surface area contributed by atoms with Crippen molar-refractivity contribution >= 4 is 17.6 Å². The maximum absolute atomic E-state index is 12.8. The Balaban J connectivity index is 1.91. The number of carboxylic acids is 1. The van der Waals surface area contributed by atoms with E-state index in [0.29, 0.717) is 31.9 Å². The summed E-state index contributed by atoms with van der Waals surface area (Å²) in [6.45, 7) is 3.43. The van der Waals surface area contributed by atoms with Crippen LogP contribution in [0.2, 0.25) is 0 Å². The van der Waals surface area contributed by atoms with Crippen molar-refractivity contribution in [2.24, 2.45) is 5.92 Å². The van der Waals surface area contributed by atoms with Gasteiger partial charge in [0.25, 0.3) is 0 Å². The highest BCUT2D eigenvalue weighted by Crippen LogP contribution is 2.31. The number of benzene rings is 1. The van der Waals surface area contributed by atoms with E-state index in [4.69, 9.17) is 5.11 Å². The van der Waals surface area contributed by atoms with Crippen LogP contribution >= 0.6 is 0 Å². The molecule has 1 atom stereocenters. The van der Waals surface area contributed by atoms with Crippen molar-refractivity contribution < 1.29 is 27.9 Å². The van der Waals surface area contributed by atoms with E-state index < -0.39 is 17.7 Å². The molecule has 2 rings (SSSR count). The lowest BCUT2D eigenvalue weighted by molar-refractivity contribution is -0.139. The number of aliphatic carboxylic acids is 1. The molecule has 1 aliphatic rings. The van der Waals surface area contributed by atoms with E-state index in [1.165, 1.54) is 6.07 Å². The van der Waals surface area contributed by atoms with Gasteiger partial charge in [0.2, 0.25) is 5.91 Å². The monoisotopic (exact) mass is 358 g/mol. The molecule has 8 heteroatoms. The molecule has 0 unspecified atom stereocenters. The molecule has 0 saturated carbocycles. The number of carbonyl (C=O) groups is 2. The first-order chi connectivity index (χ1) is 11.7. The number of halogens is 3. The molecule has 0 radical (unpaired) electrons. The number of hydrogen-bond donors (Lipinski definition) is 1. The van der Waals surface area contributed by atoms with E-state index in [0.717, 1.165) is 12.1 Å². The second kappa shape index (κ2) is 7.76. The van der Waals surface area contributed by atoms with Gasteiger partial charge in [-0.25, -0.2) is 0 Å². The molecule has 1 aromatic carbocycles. The highest BCUT2D eigenvalue weighted by atomic mass is 19.4. The summed E-state index contributed by atoms with van der Waals surface area (Å²) in [4.78, 5) is 26.3. The Labute approximate surface area is 144 Å². The third-order valence-electron chi connectivity index (χ3n) is 4.22. The molecule has 0 bridgehead atoms. The van der Waals surface area contributed by atoms with Gasteiger partial charge in [0.1, 0.15) is 0 Å². The molecule has 1 N–H and O–H groups in total. The first-order valence-corrected chi connectivity index (χ1v) is 8.08. The van der Waals surface area contributed by atoms with Crippen molar-refractivity contribution in [3.63, 3.8) is 0 Å². The molecule has 0 spiro atoms. The van der Waals surface area contributed by atoms with Crippen LogP contribution < -0.4 is 4.90 Å². The Morgan fingerprint density at radius 1 is 1.16 bits per heavy atom. The van der Waals surface area contributed by atoms with Gasteiger partial charge < -0.3 is 14.9 Å². The van der Waals surface area contributed by atoms with Crippen molar-refractivity contribution in [3.05, 3.63) is 29.8 Å². The predicted molar refractivity (Wildman–Crippen MR) is 86.3 cm³/mol. The Bertz CT molecular complexity index is 626. The van der Waals surface area contributed by atoms with Crippen LogP contribution in [0.25, 0.3) is 0 Å². The van der Waals surface area contributed by atoms with Crippen LogP contribution in [-0.4, -0.2) is 48.1 Å². The molecule has 0 aliphatic carbocycles. The molecule has 1 aliphatic heterocycles. The molecular weight excluding hydrogens is 337 g/mol. The summed E-state index contributed by atoms with van der Waals surface area (Å²) in [6, 6.07) is 5.16. The molecule has 5 nitrogen and oxygen atoms in total. The van der Waals surface area contributed by atoms with E-state index in [1.807, 2.05) is 4.90 Å². The first-order valence-electron chi connectivity index (χ1n) is 8.08. The third-order valence-corrected chi connectivity index (χ3v) is 4.22. The number of hydrogen-bond acceptors (Lipinski definition) is 3. The van der Waals surface area contributed by atoms with Crippen molar-refractivity contribution in [2.45, 2.75) is 25.9 Å². The van der Waals surface area contributed by atoms with Crippen LogP contribution in [0, 0.1) is 5.92 Å². The van der Waals surface area contributed by atoms with Crippen molar-refractivity contribution in [2.75, 3.05) is 31.1 Å². The molecular formula is C17H21F3N2O3. The van der Waals surface area contributed by atoms with E-state index >= 15 is 0 Å².